The number of carbonyl (C=O) groups excluding carboxylic acids is 3. The maximum Gasteiger partial charge on any atom is 0.243 e. The molecule has 0 aromatic rings. The lowest BCUT2D eigenvalue weighted by atomic mass is 10.1. The van der Waals surface area contributed by atoms with E-state index in [2.05, 4.69) is 10.6 Å². The van der Waals surface area contributed by atoms with Gasteiger partial charge in [0, 0.05) is 32.5 Å². The largest absolute Gasteiger partial charge is 0.353 e. The summed E-state index contributed by atoms with van der Waals surface area (Å²) in [4.78, 5) is 36.6. The van der Waals surface area contributed by atoms with Crippen LogP contribution < -0.4 is 10.6 Å². The van der Waals surface area contributed by atoms with E-state index in [4.69, 9.17) is 0 Å². The summed E-state index contributed by atoms with van der Waals surface area (Å²) in [5, 5.41) is 5.63. The Morgan fingerprint density at radius 2 is 1.48 bits per heavy atom. The summed E-state index contributed by atoms with van der Waals surface area (Å²) in [5.41, 5.74) is 0. The van der Waals surface area contributed by atoms with Gasteiger partial charge in [-0.2, -0.15) is 0 Å². The predicted octanol–water partition coefficient (Wildman–Crippen LogP) is 1.84. The average Bonchev–Trinajstić information content (AvgIpc) is 2.54. The number of Topliss-reactive ketones (excluding diaryl/α,β-unsaturated/α-hetero) is 1. The fourth-order valence-electron chi connectivity index (χ4n) is 1.67. The third-order valence-corrected chi connectivity index (χ3v) is 2.77. The molecule has 0 fully saturated rings. The summed E-state index contributed by atoms with van der Waals surface area (Å²) in [6.45, 7) is 14.1. The average molecular weight is 332 g/mol. The van der Waals surface area contributed by atoms with Crippen molar-refractivity contribution in [3.63, 3.8) is 0 Å². The number of amides is 2. The molecule has 0 aromatic carbocycles. The van der Waals surface area contributed by atoms with Crippen LogP contribution in [0.3, 0.4) is 0 Å². The number of nitrogens with one attached hydrogen (secondary N) is 2. The molecule has 0 rings (SSSR count). The molecule has 138 valence electrons. The van der Waals surface area contributed by atoms with Crippen molar-refractivity contribution in [1.82, 2.24) is 15.5 Å². The number of hydrogen-bond acceptors (Lipinski definition) is 4. The first-order valence-electron chi connectivity index (χ1n) is 8.49. The molecule has 0 aliphatic carbocycles. The van der Waals surface area contributed by atoms with E-state index in [9.17, 15) is 14.4 Å². The minimum atomic E-state index is -0.732. The SMILES string of the molecule is CC.CC.CNCCNC(=O)C(CC(C)=O)N(C)C(=O)C(C)C. The Labute approximate surface area is 142 Å². The first kappa shape index (κ1) is 26.5. The van der Waals surface area contributed by atoms with Crippen LogP contribution in [-0.2, 0) is 14.4 Å². The van der Waals surface area contributed by atoms with Gasteiger partial charge in [0.1, 0.15) is 11.8 Å². The fourth-order valence-corrected chi connectivity index (χ4v) is 1.67. The van der Waals surface area contributed by atoms with Crippen molar-refractivity contribution in [2.75, 3.05) is 27.2 Å². The van der Waals surface area contributed by atoms with Gasteiger partial charge in [-0.15, -0.1) is 0 Å². The van der Waals surface area contributed by atoms with Crippen molar-refractivity contribution >= 4 is 17.6 Å². The molecule has 0 aliphatic heterocycles. The molecule has 2 amide bonds. The summed E-state index contributed by atoms with van der Waals surface area (Å²) in [6.07, 6.45) is 0.0420. The summed E-state index contributed by atoms with van der Waals surface area (Å²) >= 11 is 0. The van der Waals surface area contributed by atoms with Crippen LogP contribution in [-0.4, -0.2) is 55.7 Å². The van der Waals surface area contributed by atoms with Crippen LogP contribution in [0, 0.1) is 5.92 Å². The van der Waals surface area contributed by atoms with Gasteiger partial charge >= 0.3 is 0 Å². The molecule has 6 heteroatoms. The highest BCUT2D eigenvalue weighted by atomic mass is 16.2. The van der Waals surface area contributed by atoms with E-state index in [-0.39, 0.29) is 29.9 Å². The molecule has 1 atom stereocenters. The van der Waals surface area contributed by atoms with Crippen LogP contribution in [0.5, 0.6) is 0 Å². The highest BCUT2D eigenvalue weighted by Gasteiger charge is 2.28. The lowest BCUT2D eigenvalue weighted by molar-refractivity contribution is -0.142. The molecular weight excluding hydrogens is 294 g/mol. The minimum absolute atomic E-state index is 0.0420. The Kier molecular flexibility index (Phi) is 19.5. The Hall–Kier alpha value is -1.43. The topological polar surface area (TPSA) is 78.5 Å². The molecule has 0 saturated carbocycles. The van der Waals surface area contributed by atoms with Crippen molar-refractivity contribution in [1.29, 1.82) is 0 Å². The summed E-state index contributed by atoms with van der Waals surface area (Å²) in [6, 6.07) is -0.732. The molecule has 0 radical (unpaired) electrons. The highest BCUT2D eigenvalue weighted by Crippen LogP contribution is 2.08. The Bertz CT molecular complexity index is 331. The number of likely N-dealkylation sites (N-methyl/N-ethyl adjacent to an activating group) is 2. The smallest absolute Gasteiger partial charge is 0.243 e. The van der Waals surface area contributed by atoms with Gasteiger partial charge in [-0.3, -0.25) is 14.4 Å². The molecule has 0 heterocycles. The van der Waals surface area contributed by atoms with E-state index in [0.29, 0.717) is 13.1 Å². The van der Waals surface area contributed by atoms with Crippen molar-refractivity contribution in [3.05, 3.63) is 0 Å². The molecule has 0 aliphatic rings. The summed E-state index contributed by atoms with van der Waals surface area (Å²) in [5.74, 6) is -0.751. The quantitative estimate of drug-likeness (QED) is 0.665. The van der Waals surface area contributed by atoms with E-state index >= 15 is 0 Å². The zero-order valence-corrected chi connectivity index (χ0v) is 16.4. The van der Waals surface area contributed by atoms with E-state index in [1.165, 1.54) is 11.8 Å². The van der Waals surface area contributed by atoms with E-state index < -0.39 is 6.04 Å². The lowest BCUT2D eigenvalue weighted by Gasteiger charge is -2.28. The fraction of sp³-hybridized carbons (Fsp3) is 0.824. The van der Waals surface area contributed by atoms with Crippen LogP contribution in [0.25, 0.3) is 0 Å². The molecule has 0 aromatic heterocycles. The Balaban J connectivity index is -0.000000919. The second-order valence-corrected chi connectivity index (χ2v) is 4.92. The zero-order valence-electron chi connectivity index (χ0n) is 16.4. The van der Waals surface area contributed by atoms with Crippen molar-refractivity contribution in [2.24, 2.45) is 5.92 Å². The zero-order chi connectivity index (χ0) is 19.0. The number of rotatable bonds is 8. The van der Waals surface area contributed by atoms with Crippen LogP contribution in [0.2, 0.25) is 0 Å². The Morgan fingerprint density at radius 1 is 1.00 bits per heavy atom. The van der Waals surface area contributed by atoms with Crippen LogP contribution >= 0.6 is 0 Å². The lowest BCUT2D eigenvalue weighted by Crippen LogP contribution is -2.50. The normalized spacial score (nSPS) is 10.5. The van der Waals surface area contributed by atoms with Gasteiger partial charge in [-0.05, 0) is 14.0 Å². The van der Waals surface area contributed by atoms with Crippen molar-refractivity contribution < 1.29 is 14.4 Å². The number of nitrogens with zero attached hydrogens (tertiary/aromatic N) is 1. The van der Waals surface area contributed by atoms with Crippen LogP contribution in [0.4, 0.5) is 0 Å². The van der Waals surface area contributed by atoms with Gasteiger partial charge in [-0.25, -0.2) is 0 Å². The van der Waals surface area contributed by atoms with Crippen LogP contribution in [0.1, 0.15) is 54.9 Å². The van der Waals surface area contributed by atoms with Gasteiger partial charge in [-0.1, -0.05) is 41.5 Å². The van der Waals surface area contributed by atoms with Gasteiger partial charge in [0.25, 0.3) is 0 Å². The molecule has 6 nitrogen and oxygen atoms in total. The summed E-state index contributed by atoms with van der Waals surface area (Å²) in [7, 11) is 3.35. The number of carbonyl (C=O) groups is 3. The summed E-state index contributed by atoms with van der Waals surface area (Å²) < 4.78 is 0. The number of hydrogen-bond donors (Lipinski definition) is 2. The third kappa shape index (κ3) is 12.8. The molecule has 0 bridgehead atoms. The third-order valence-electron chi connectivity index (χ3n) is 2.77. The van der Waals surface area contributed by atoms with Crippen LogP contribution in [0.15, 0.2) is 0 Å². The van der Waals surface area contributed by atoms with E-state index in [1.807, 2.05) is 27.7 Å². The maximum absolute atomic E-state index is 12.0. The Morgan fingerprint density at radius 3 is 1.83 bits per heavy atom. The van der Waals surface area contributed by atoms with Crippen molar-refractivity contribution in [2.45, 2.75) is 60.9 Å². The monoisotopic (exact) mass is 331 g/mol. The molecule has 0 spiro atoms. The molecule has 23 heavy (non-hydrogen) atoms. The molecule has 0 saturated heterocycles. The second kappa shape index (κ2) is 16.9. The first-order chi connectivity index (χ1) is 10.8. The van der Waals surface area contributed by atoms with E-state index in [1.54, 1.807) is 27.9 Å². The van der Waals surface area contributed by atoms with Gasteiger partial charge in [0.15, 0.2) is 0 Å². The van der Waals surface area contributed by atoms with Crippen molar-refractivity contribution in [3.8, 4) is 0 Å². The minimum Gasteiger partial charge on any atom is -0.353 e. The highest BCUT2D eigenvalue weighted by molar-refractivity contribution is 5.92. The van der Waals surface area contributed by atoms with E-state index in [0.717, 1.165) is 0 Å². The molecule has 1 unspecified atom stereocenters. The number of ketones is 1. The van der Waals surface area contributed by atoms with Gasteiger partial charge in [0.05, 0.1) is 0 Å². The standard InChI is InChI=1S/C13H25N3O3.2C2H6/c1-9(2)13(19)16(5)11(8-10(3)17)12(18)15-7-6-14-4;2*1-2/h9,11,14H,6-8H2,1-5H3,(H,15,18);2*1-2H3. The molecular formula is C17H37N3O3. The van der Waals surface area contributed by atoms with Gasteiger partial charge in [0.2, 0.25) is 11.8 Å². The van der Waals surface area contributed by atoms with Gasteiger partial charge < -0.3 is 15.5 Å². The maximum atomic E-state index is 12.0. The predicted molar refractivity (Wildman–Crippen MR) is 96.3 cm³/mol. The second-order valence-electron chi connectivity index (χ2n) is 4.92. The first-order valence-corrected chi connectivity index (χ1v) is 8.49. The molecule has 2 N–H and O–H groups in total.